The number of hydrogen-bond donors (Lipinski definition) is 2. The molecule has 2 rings (SSSR count). The van der Waals surface area contributed by atoms with Crippen molar-refractivity contribution in [3.05, 3.63) is 16.6 Å². The van der Waals surface area contributed by atoms with Gasteiger partial charge in [0.15, 0.2) is 0 Å². The molecule has 2 unspecified atom stereocenters. The van der Waals surface area contributed by atoms with E-state index in [4.69, 9.17) is 10.5 Å². The van der Waals surface area contributed by atoms with Crippen molar-refractivity contribution >= 4 is 11.3 Å². The Bertz CT molecular complexity index is 278. The fourth-order valence-corrected chi connectivity index (χ4v) is 2.31. The van der Waals surface area contributed by atoms with Gasteiger partial charge in [-0.05, 0) is 0 Å². The largest absolute Gasteiger partial charge is 0.379 e. The van der Waals surface area contributed by atoms with E-state index in [0.717, 1.165) is 26.1 Å². The molecular weight excluding hydrogens is 210 g/mol. The Morgan fingerprint density at radius 1 is 1.60 bits per heavy atom. The SMILES string of the molecule is NC1COCC1CNCCc1nccs1. The van der Waals surface area contributed by atoms with Crippen molar-refractivity contribution in [3.8, 4) is 0 Å². The predicted octanol–water partition coefficient (Wildman–Crippen LogP) is 0.249. The summed E-state index contributed by atoms with van der Waals surface area (Å²) in [5.74, 6) is 0.473. The summed E-state index contributed by atoms with van der Waals surface area (Å²) in [5.41, 5.74) is 5.88. The zero-order chi connectivity index (χ0) is 10.5. The molecule has 0 radical (unpaired) electrons. The van der Waals surface area contributed by atoms with Crippen LogP contribution in [0.25, 0.3) is 0 Å². The number of ether oxygens (including phenoxy) is 1. The number of aromatic nitrogens is 1. The lowest BCUT2D eigenvalue weighted by Gasteiger charge is -2.13. The molecule has 0 amide bonds. The molecule has 15 heavy (non-hydrogen) atoms. The molecule has 2 heterocycles. The van der Waals surface area contributed by atoms with Crippen LogP contribution in [0.2, 0.25) is 0 Å². The minimum atomic E-state index is 0.206. The zero-order valence-electron chi connectivity index (χ0n) is 8.69. The van der Waals surface area contributed by atoms with Crippen molar-refractivity contribution in [3.63, 3.8) is 0 Å². The summed E-state index contributed by atoms with van der Waals surface area (Å²) in [5, 5.41) is 6.60. The first-order valence-electron chi connectivity index (χ1n) is 5.28. The van der Waals surface area contributed by atoms with E-state index in [2.05, 4.69) is 10.3 Å². The molecule has 1 aromatic rings. The Labute approximate surface area is 93.8 Å². The van der Waals surface area contributed by atoms with E-state index < -0.39 is 0 Å². The molecule has 1 aliphatic rings. The molecule has 1 fully saturated rings. The zero-order valence-corrected chi connectivity index (χ0v) is 9.50. The highest BCUT2D eigenvalue weighted by atomic mass is 32.1. The summed E-state index contributed by atoms with van der Waals surface area (Å²) in [6.07, 6.45) is 2.85. The smallest absolute Gasteiger partial charge is 0.0937 e. The van der Waals surface area contributed by atoms with Gasteiger partial charge in [0.2, 0.25) is 0 Å². The van der Waals surface area contributed by atoms with Crippen LogP contribution in [0.4, 0.5) is 0 Å². The van der Waals surface area contributed by atoms with E-state index in [1.54, 1.807) is 11.3 Å². The van der Waals surface area contributed by atoms with Gasteiger partial charge in [0.25, 0.3) is 0 Å². The maximum Gasteiger partial charge on any atom is 0.0937 e. The molecule has 4 nitrogen and oxygen atoms in total. The maximum atomic E-state index is 5.88. The van der Waals surface area contributed by atoms with Crippen LogP contribution in [0.1, 0.15) is 5.01 Å². The van der Waals surface area contributed by atoms with E-state index in [1.807, 2.05) is 11.6 Å². The molecule has 84 valence electrons. The molecule has 0 spiro atoms. The molecule has 0 saturated carbocycles. The number of hydrogen-bond acceptors (Lipinski definition) is 5. The van der Waals surface area contributed by atoms with Crippen LogP contribution < -0.4 is 11.1 Å². The topological polar surface area (TPSA) is 60.2 Å². The lowest BCUT2D eigenvalue weighted by atomic mass is 10.1. The normalized spacial score (nSPS) is 25.9. The van der Waals surface area contributed by atoms with Gasteiger partial charge < -0.3 is 15.8 Å². The lowest BCUT2D eigenvalue weighted by Crippen LogP contribution is -2.36. The Morgan fingerprint density at radius 3 is 3.20 bits per heavy atom. The summed E-state index contributed by atoms with van der Waals surface area (Å²) in [6.45, 7) is 3.42. The number of rotatable bonds is 5. The minimum absolute atomic E-state index is 0.206. The third-order valence-electron chi connectivity index (χ3n) is 2.65. The quantitative estimate of drug-likeness (QED) is 0.708. The highest BCUT2D eigenvalue weighted by Gasteiger charge is 2.23. The summed E-state index contributed by atoms with van der Waals surface area (Å²) in [6, 6.07) is 0.206. The molecule has 1 saturated heterocycles. The monoisotopic (exact) mass is 227 g/mol. The second-order valence-corrected chi connectivity index (χ2v) is 4.82. The van der Waals surface area contributed by atoms with Crippen molar-refractivity contribution < 1.29 is 4.74 Å². The van der Waals surface area contributed by atoms with Crippen LogP contribution in [0.3, 0.4) is 0 Å². The first kappa shape index (κ1) is 11.0. The molecule has 3 N–H and O–H groups in total. The standard InChI is InChI=1S/C10H17N3OS/c11-9-7-14-6-8(9)5-12-2-1-10-13-3-4-15-10/h3-4,8-9,12H,1-2,5-7,11H2. The van der Waals surface area contributed by atoms with E-state index in [9.17, 15) is 0 Å². The molecule has 2 atom stereocenters. The fraction of sp³-hybridized carbons (Fsp3) is 0.700. The molecule has 1 aromatic heterocycles. The summed E-state index contributed by atoms with van der Waals surface area (Å²) in [7, 11) is 0. The van der Waals surface area contributed by atoms with Crippen LogP contribution in [0.5, 0.6) is 0 Å². The molecule has 0 bridgehead atoms. The molecule has 1 aliphatic heterocycles. The highest BCUT2D eigenvalue weighted by Crippen LogP contribution is 2.10. The predicted molar refractivity (Wildman–Crippen MR) is 61.0 cm³/mol. The summed E-state index contributed by atoms with van der Waals surface area (Å²) < 4.78 is 5.30. The van der Waals surface area contributed by atoms with Gasteiger partial charge in [0.1, 0.15) is 0 Å². The summed E-state index contributed by atoms with van der Waals surface area (Å²) in [4.78, 5) is 4.23. The maximum absolute atomic E-state index is 5.88. The third-order valence-corrected chi connectivity index (χ3v) is 3.49. The average Bonchev–Trinajstić information content (AvgIpc) is 2.85. The van der Waals surface area contributed by atoms with Crippen LogP contribution in [-0.2, 0) is 11.2 Å². The van der Waals surface area contributed by atoms with E-state index in [0.29, 0.717) is 12.5 Å². The highest BCUT2D eigenvalue weighted by molar-refractivity contribution is 7.09. The second kappa shape index (κ2) is 5.55. The van der Waals surface area contributed by atoms with Gasteiger partial charge in [-0.1, -0.05) is 0 Å². The van der Waals surface area contributed by atoms with Crippen molar-refractivity contribution in [2.75, 3.05) is 26.3 Å². The fourth-order valence-electron chi connectivity index (χ4n) is 1.68. The van der Waals surface area contributed by atoms with Gasteiger partial charge >= 0.3 is 0 Å². The van der Waals surface area contributed by atoms with Crippen molar-refractivity contribution in [1.82, 2.24) is 10.3 Å². The van der Waals surface area contributed by atoms with Gasteiger partial charge in [0, 0.05) is 43.0 Å². The van der Waals surface area contributed by atoms with Crippen molar-refractivity contribution in [2.45, 2.75) is 12.5 Å². The van der Waals surface area contributed by atoms with Crippen LogP contribution >= 0.6 is 11.3 Å². The number of thiazole rings is 1. The second-order valence-electron chi connectivity index (χ2n) is 3.84. The van der Waals surface area contributed by atoms with Gasteiger partial charge in [-0.15, -0.1) is 11.3 Å². The number of nitrogens with one attached hydrogen (secondary N) is 1. The lowest BCUT2D eigenvalue weighted by molar-refractivity contribution is 0.184. The molecule has 0 aromatic carbocycles. The van der Waals surface area contributed by atoms with Crippen molar-refractivity contribution in [1.29, 1.82) is 0 Å². The van der Waals surface area contributed by atoms with E-state index in [-0.39, 0.29) is 6.04 Å². The average molecular weight is 227 g/mol. The van der Waals surface area contributed by atoms with Crippen LogP contribution in [0.15, 0.2) is 11.6 Å². The molecule has 0 aliphatic carbocycles. The van der Waals surface area contributed by atoms with Crippen molar-refractivity contribution in [2.24, 2.45) is 11.7 Å². The minimum Gasteiger partial charge on any atom is -0.379 e. The first-order valence-corrected chi connectivity index (χ1v) is 6.16. The summed E-state index contributed by atoms with van der Waals surface area (Å²) >= 11 is 1.71. The number of nitrogens with two attached hydrogens (primary N) is 1. The van der Waals surface area contributed by atoms with E-state index >= 15 is 0 Å². The van der Waals surface area contributed by atoms with Gasteiger partial charge in [-0.2, -0.15) is 0 Å². The van der Waals surface area contributed by atoms with Gasteiger partial charge in [0.05, 0.1) is 18.2 Å². The van der Waals surface area contributed by atoms with E-state index in [1.165, 1.54) is 5.01 Å². The Morgan fingerprint density at radius 2 is 2.53 bits per heavy atom. The Balaban J connectivity index is 1.59. The Kier molecular flexibility index (Phi) is 4.08. The van der Waals surface area contributed by atoms with Crippen LogP contribution in [-0.4, -0.2) is 37.3 Å². The Hall–Kier alpha value is -0.490. The molecule has 5 heteroatoms. The van der Waals surface area contributed by atoms with Gasteiger partial charge in [-0.25, -0.2) is 4.98 Å². The molecular formula is C10H17N3OS. The number of nitrogens with zero attached hydrogens (tertiary/aromatic N) is 1. The first-order chi connectivity index (χ1) is 7.36. The van der Waals surface area contributed by atoms with Gasteiger partial charge in [-0.3, -0.25) is 0 Å². The third kappa shape index (κ3) is 3.24. The van der Waals surface area contributed by atoms with Crippen LogP contribution in [0, 0.1) is 5.92 Å².